The van der Waals surface area contributed by atoms with Crippen molar-refractivity contribution in [2.75, 3.05) is 17.2 Å². The molecule has 2 aromatic rings. The van der Waals surface area contributed by atoms with Gasteiger partial charge in [0, 0.05) is 18.7 Å². The van der Waals surface area contributed by atoms with E-state index in [0.29, 0.717) is 24.3 Å². The standard InChI is InChI=1S/C21H24N2O4S/c1-2-28(26,27)18-10-7-15(8-11-18)9-12-20(24)23-14-17(21(22)25)13-16-5-3-4-6-19(16)23/h3-8,10-11,17H,2,9,12-14H2,1H3,(H2,22,25). The molecule has 148 valence electrons. The minimum absolute atomic E-state index is 0.0558. The number of fused-ring (bicyclic) bond motifs is 1. The summed E-state index contributed by atoms with van der Waals surface area (Å²) < 4.78 is 23.8. The van der Waals surface area contributed by atoms with E-state index < -0.39 is 21.7 Å². The predicted molar refractivity (Wildman–Crippen MR) is 108 cm³/mol. The summed E-state index contributed by atoms with van der Waals surface area (Å²) in [5, 5.41) is 0. The molecule has 2 aromatic carbocycles. The van der Waals surface area contributed by atoms with Crippen molar-refractivity contribution in [1.82, 2.24) is 0 Å². The molecule has 0 bridgehead atoms. The lowest BCUT2D eigenvalue weighted by Crippen LogP contribution is -2.44. The second kappa shape index (κ2) is 8.14. The predicted octanol–water partition coefficient (Wildman–Crippen LogP) is 2.10. The molecule has 28 heavy (non-hydrogen) atoms. The lowest BCUT2D eigenvalue weighted by Gasteiger charge is -2.33. The van der Waals surface area contributed by atoms with Crippen molar-refractivity contribution < 1.29 is 18.0 Å². The average Bonchev–Trinajstić information content (AvgIpc) is 2.71. The van der Waals surface area contributed by atoms with Crippen LogP contribution in [0.3, 0.4) is 0 Å². The molecule has 0 aromatic heterocycles. The minimum atomic E-state index is -3.23. The van der Waals surface area contributed by atoms with Crippen LogP contribution in [-0.2, 0) is 32.3 Å². The van der Waals surface area contributed by atoms with Gasteiger partial charge in [-0.05, 0) is 42.2 Å². The number of primary amides is 1. The second-order valence-electron chi connectivity index (χ2n) is 6.98. The number of sulfone groups is 1. The van der Waals surface area contributed by atoms with Gasteiger partial charge < -0.3 is 10.6 Å². The van der Waals surface area contributed by atoms with E-state index in [-0.39, 0.29) is 18.1 Å². The molecule has 0 saturated carbocycles. The van der Waals surface area contributed by atoms with Crippen LogP contribution in [0.15, 0.2) is 53.4 Å². The van der Waals surface area contributed by atoms with Crippen LogP contribution in [0.25, 0.3) is 0 Å². The van der Waals surface area contributed by atoms with Crippen molar-refractivity contribution in [3.05, 3.63) is 59.7 Å². The molecule has 1 aliphatic rings. The third kappa shape index (κ3) is 4.25. The summed E-state index contributed by atoms with van der Waals surface area (Å²) in [6, 6.07) is 14.2. The first-order valence-corrected chi connectivity index (χ1v) is 11.0. The molecule has 0 aliphatic carbocycles. The monoisotopic (exact) mass is 400 g/mol. The van der Waals surface area contributed by atoms with Crippen molar-refractivity contribution in [2.45, 2.75) is 31.1 Å². The maximum absolute atomic E-state index is 12.9. The number of nitrogens with zero attached hydrogens (tertiary/aromatic N) is 1. The molecule has 0 saturated heterocycles. The van der Waals surface area contributed by atoms with Crippen molar-refractivity contribution in [3.8, 4) is 0 Å². The molecule has 3 rings (SSSR count). The maximum Gasteiger partial charge on any atom is 0.227 e. The molecule has 1 atom stereocenters. The quantitative estimate of drug-likeness (QED) is 0.803. The van der Waals surface area contributed by atoms with E-state index in [9.17, 15) is 18.0 Å². The minimum Gasteiger partial charge on any atom is -0.369 e. The Morgan fingerprint density at radius 1 is 1.11 bits per heavy atom. The Labute approximate surface area is 165 Å². The molecule has 0 radical (unpaired) electrons. The van der Waals surface area contributed by atoms with E-state index in [4.69, 9.17) is 5.73 Å². The van der Waals surface area contributed by atoms with Crippen LogP contribution in [0, 0.1) is 5.92 Å². The summed E-state index contributed by atoms with van der Waals surface area (Å²) in [5.41, 5.74) is 8.15. The molecule has 2 amide bonds. The first kappa shape index (κ1) is 20.1. The van der Waals surface area contributed by atoms with Crippen LogP contribution in [-0.4, -0.2) is 32.5 Å². The van der Waals surface area contributed by atoms with Crippen molar-refractivity contribution in [1.29, 1.82) is 0 Å². The molecular weight excluding hydrogens is 376 g/mol. The number of hydrogen-bond donors (Lipinski definition) is 1. The number of anilines is 1. The first-order chi connectivity index (χ1) is 13.3. The van der Waals surface area contributed by atoms with Crippen molar-refractivity contribution in [2.24, 2.45) is 11.7 Å². The number of carbonyl (C=O) groups is 2. The summed E-state index contributed by atoms with van der Waals surface area (Å²) in [6.45, 7) is 1.90. The Morgan fingerprint density at radius 2 is 1.79 bits per heavy atom. The van der Waals surface area contributed by atoms with Crippen LogP contribution in [0.4, 0.5) is 5.69 Å². The van der Waals surface area contributed by atoms with Crippen molar-refractivity contribution >= 4 is 27.3 Å². The van der Waals surface area contributed by atoms with Gasteiger partial charge in [-0.25, -0.2) is 8.42 Å². The van der Waals surface area contributed by atoms with Crippen molar-refractivity contribution in [3.63, 3.8) is 0 Å². The Bertz CT molecular complexity index is 984. The van der Waals surface area contributed by atoms with Crippen LogP contribution >= 0.6 is 0 Å². The number of carbonyl (C=O) groups excluding carboxylic acids is 2. The second-order valence-corrected chi connectivity index (χ2v) is 9.26. The number of benzene rings is 2. The van der Waals surface area contributed by atoms with E-state index in [0.717, 1.165) is 16.8 Å². The van der Waals surface area contributed by atoms with Gasteiger partial charge in [-0.15, -0.1) is 0 Å². The molecule has 6 nitrogen and oxygen atoms in total. The van der Waals surface area contributed by atoms with Crippen LogP contribution in [0.2, 0.25) is 0 Å². The smallest absolute Gasteiger partial charge is 0.227 e. The summed E-state index contributed by atoms with van der Waals surface area (Å²) in [5.74, 6) is -0.818. The first-order valence-electron chi connectivity index (χ1n) is 9.31. The summed E-state index contributed by atoms with van der Waals surface area (Å²) in [7, 11) is -3.23. The molecule has 2 N–H and O–H groups in total. The maximum atomic E-state index is 12.9. The fourth-order valence-corrected chi connectivity index (χ4v) is 4.32. The Hall–Kier alpha value is -2.67. The Kier molecular flexibility index (Phi) is 5.84. The van der Waals surface area contributed by atoms with Gasteiger partial charge in [0.1, 0.15) is 0 Å². The Morgan fingerprint density at radius 3 is 2.43 bits per heavy atom. The largest absolute Gasteiger partial charge is 0.369 e. The van der Waals surface area contributed by atoms with E-state index in [2.05, 4.69) is 0 Å². The van der Waals surface area contributed by atoms with Crippen LogP contribution < -0.4 is 10.6 Å². The number of nitrogens with two attached hydrogens (primary N) is 1. The molecule has 0 spiro atoms. The zero-order valence-electron chi connectivity index (χ0n) is 15.8. The third-order valence-corrected chi connectivity index (χ3v) is 6.90. The van der Waals surface area contributed by atoms with E-state index in [1.165, 1.54) is 0 Å². The average molecular weight is 401 g/mol. The highest BCUT2D eigenvalue weighted by Gasteiger charge is 2.30. The number of amides is 2. The highest BCUT2D eigenvalue weighted by molar-refractivity contribution is 7.91. The highest BCUT2D eigenvalue weighted by Crippen LogP contribution is 2.30. The van der Waals surface area contributed by atoms with Gasteiger partial charge >= 0.3 is 0 Å². The zero-order chi connectivity index (χ0) is 20.3. The normalized spacial score (nSPS) is 16.5. The fourth-order valence-electron chi connectivity index (χ4n) is 3.44. The van der Waals surface area contributed by atoms with Gasteiger partial charge in [-0.1, -0.05) is 37.3 Å². The van der Waals surface area contributed by atoms with E-state index >= 15 is 0 Å². The molecular formula is C21H24N2O4S. The van der Waals surface area contributed by atoms with Gasteiger partial charge in [0.15, 0.2) is 9.84 Å². The fraction of sp³-hybridized carbons (Fsp3) is 0.333. The summed E-state index contributed by atoms with van der Waals surface area (Å²) >= 11 is 0. The summed E-state index contributed by atoms with van der Waals surface area (Å²) in [4.78, 5) is 26.5. The number of hydrogen-bond acceptors (Lipinski definition) is 4. The van der Waals surface area contributed by atoms with Crippen LogP contribution in [0.1, 0.15) is 24.5 Å². The van der Waals surface area contributed by atoms with Crippen LogP contribution in [0.5, 0.6) is 0 Å². The lowest BCUT2D eigenvalue weighted by molar-refractivity contribution is -0.122. The number of para-hydroxylation sites is 1. The van der Waals surface area contributed by atoms with Gasteiger partial charge in [-0.2, -0.15) is 0 Å². The molecule has 1 aliphatic heterocycles. The summed E-state index contributed by atoms with van der Waals surface area (Å²) in [6.07, 6.45) is 1.30. The van der Waals surface area contributed by atoms with Gasteiger partial charge in [0.25, 0.3) is 0 Å². The van der Waals surface area contributed by atoms with Gasteiger partial charge in [0.05, 0.1) is 16.6 Å². The SMILES string of the molecule is CCS(=O)(=O)c1ccc(CCC(=O)N2CC(C(N)=O)Cc3ccccc32)cc1. The van der Waals surface area contributed by atoms with E-state index in [1.807, 2.05) is 24.3 Å². The van der Waals surface area contributed by atoms with Gasteiger partial charge in [0.2, 0.25) is 11.8 Å². The topological polar surface area (TPSA) is 97.5 Å². The van der Waals surface area contributed by atoms with Gasteiger partial charge in [-0.3, -0.25) is 9.59 Å². The lowest BCUT2D eigenvalue weighted by atomic mass is 9.91. The molecule has 0 fully saturated rings. The zero-order valence-corrected chi connectivity index (χ0v) is 16.6. The number of rotatable bonds is 6. The Balaban J connectivity index is 1.71. The highest BCUT2D eigenvalue weighted by atomic mass is 32.2. The third-order valence-electron chi connectivity index (χ3n) is 5.15. The molecule has 1 heterocycles. The number of aryl methyl sites for hydroxylation is 1. The molecule has 7 heteroatoms. The molecule has 1 unspecified atom stereocenters. The van der Waals surface area contributed by atoms with E-state index in [1.54, 1.807) is 36.1 Å².